The maximum absolute atomic E-state index is 11.6. The lowest BCUT2D eigenvalue weighted by molar-refractivity contribution is 0.0697. The monoisotopic (exact) mass is 312 g/mol. The van der Waals surface area contributed by atoms with Crippen LogP contribution in [0.5, 0.6) is 0 Å². The van der Waals surface area contributed by atoms with Crippen LogP contribution in [0.4, 0.5) is 0 Å². The molecule has 0 heterocycles. The zero-order valence-corrected chi connectivity index (χ0v) is 15.2. The first-order valence-electron chi connectivity index (χ1n) is 8.45. The molecule has 2 aromatic carbocycles. The van der Waals surface area contributed by atoms with Crippen LogP contribution in [0.3, 0.4) is 0 Å². The largest absolute Gasteiger partial charge is 0.478 e. The molecule has 0 aliphatic heterocycles. The summed E-state index contributed by atoms with van der Waals surface area (Å²) in [6.45, 7) is 13.3. The van der Waals surface area contributed by atoms with Crippen LogP contribution in [0.25, 0.3) is 10.8 Å². The van der Waals surface area contributed by atoms with Gasteiger partial charge in [0.2, 0.25) is 0 Å². The Hall–Kier alpha value is -1.83. The summed E-state index contributed by atoms with van der Waals surface area (Å²) in [4.78, 5) is 11.6. The van der Waals surface area contributed by atoms with Crippen LogP contribution in [-0.2, 0) is 10.8 Å². The number of hydrogen-bond acceptors (Lipinski definition) is 1. The zero-order chi connectivity index (χ0) is 17.4. The van der Waals surface area contributed by atoms with Gasteiger partial charge in [0.15, 0.2) is 0 Å². The summed E-state index contributed by atoms with van der Waals surface area (Å²) in [5.74, 6) is -0.861. The molecule has 2 aromatic rings. The number of carbonyl (C=O) groups is 1. The van der Waals surface area contributed by atoms with Crippen LogP contribution < -0.4 is 0 Å². The highest BCUT2D eigenvalue weighted by atomic mass is 16.4. The van der Waals surface area contributed by atoms with Crippen LogP contribution in [0.2, 0.25) is 0 Å². The fraction of sp³-hybridized carbons (Fsp3) is 0.476. The summed E-state index contributed by atoms with van der Waals surface area (Å²) in [6.07, 6.45) is 2.00. The van der Waals surface area contributed by atoms with Gasteiger partial charge in [0.05, 0.1) is 5.56 Å². The average molecular weight is 312 g/mol. The molecular formula is C21H28O2. The quantitative estimate of drug-likeness (QED) is 0.744. The Morgan fingerprint density at radius 1 is 0.957 bits per heavy atom. The molecule has 1 N–H and O–H groups in total. The van der Waals surface area contributed by atoms with Gasteiger partial charge in [-0.1, -0.05) is 59.7 Å². The molecule has 23 heavy (non-hydrogen) atoms. The van der Waals surface area contributed by atoms with Gasteiger partial charge in [0, 0.05) is 0 Å². The SMILES string of the molecule is CCC(C)(C)c1cccc2cc(C(=O)O)cc(C(C)(C)CC)c12. The highest BCUT2D eigenvalue weighted by molar-refractivity contribution is 5.98. The Morgan fingerprint density at radius 3 is 2.04 bits per heavy atom. The molecule has 0 saturated heterocycles. The van der Waals surface area contributed by atoms with E-state index in [0.717, 1.165) is 23.8 Å². The van der Waals surface area contributed by atoms with Gasteiger partial charge < -0.3 is 5.11 Å². The van der Waals surface area contributed by atoms with Crippen molar-refractivity contribution in [1.29, 1.82) is 0 Å². The Morgan fingerprint density at radius 2 is 1.52 bits per heavy atom. The summed E-state index contributed by atoms with van der Waals surface area (Å²) in [5, 5.41) is 11.7. The minimum atomic E-state index is -0.861. The second-order valence-electron chi connectivity index (χ2n) is 7.71. The second kappa shape index (κ2) is 5.99. The smallest absolute Gasteiger partial charge is 0.335 e. The third-order valence-electron chi connectivity index (χ3n) is 5.45. The summed E-state index contributed by atoms with van der Waals surface area (Å²) in [7, 11) is 0. The van der Waals surface area contributed by atoms with Gasteiger partial charge in [-0.25, -0.2) is 4.79 Å². The first kappa shape index (κ1) is 17.5. The number of carboxylic acids is 1. The van der Waals surface area contributed by atoms with Crippen molar-refractivity contribution < 1.29 is 9.90 Å². The molecule has 124 valence electrons. The highest BCUT2D eigenvalue weighted by Crippen LogP contribution is 2.40. The number of hydrogen-bond donors (Lipinski definition) is 1. The van der Waals surface area contributed by atoms with Crippen molar-refractivity contribution in [1.82, 2.24) is 0 Å². The molecule has 0 fully saturated rings. The van der Waals surface area contributed by atoms with Crippen molar-refractivity contribution in [3.63, 3.8) is 0 Å². The first-order chi connectivity index (χ1) is 10.6. The molecule has 0 saturated carbocycles. The van der Waals surface area contributed by atoms with E-state index >= 15 is 0 Å². The summed E-state index contributed by atoms with van der Waals surface area (Å²) in [6, 6.07) is 9.96. The Bertz CT molecular complexity index is 739. The molecule has 0 radical (unpaired) electrons. The van der Waals surface area contributed by atoms with E-state index in [1.807, 2.05) is 24.3 Å². The number of rotatable bonds is 5. The number of carboxylic acid groups (broad SMARTS) is 1. The van der Waals surface area contributed by atoms with Gasteiger partial charge in [-0.05, 0) is 57.7 Å². The first-order valence-corrected chi connectivity index (χ1v) is 8.45. The Kier molecular flexibility index (Phi) is 4.57. The van der Waals surface area contributed by atoms with Crippen molar-refractivity contribution in [3.05, 3.63) is 47.0 Å². The number of aromatic carboxylic acids is 1. The molecule has 2 heteroatoms. The second-order valence-corrected chi connectivity index (χ2v) is 7.71. The zero-order valence-electron chi connectivity index (χ0n) is 15.2. The van der Waals surface area contributed by atoms with E-state index in [0.29, 0.717) is 5.56 Å². The highest BCUT2D eigenvalue weighted by Gasteiger charge is 2.28. The maximum Gasteiger partial charge on any atom is 0.335 e. The fourth-order valence-electron chi connectivity index (χ4n) is 3.03. The molecular weight excluding hydrogens is 284 g/mol. The topological polar surface area (TPSA) is 37.3 Å². The number of benzene rings is 2. The van der Waals surface area contributed by atoms with E-state index in [4.69, 9.17) is 0 Å². The normalized spacial score (nSPS) is 12.6. The van der Waals surface area contributed by atoms with Crippen molar-refractivity contribution in [2.24, 2.45) is 0 Å². The lowest BCUT2D eigenvalue weighted by Crippen LogP contribution is -2.21. The predicted octanol–water partition coefficient (Wildman–Crippen LogP) is 5.91. The van der Waals surface area contributed by atoms with E-state index in [1.54, 1.807) is 0 Å². The standard InChI is InChI=1S/C21H28O2/c1-7-20(3,4)16-11-9-10-14-12-15(19(22)23)13-17(18(14)16)21(5,6)8-2/h9-13H,7-8H2,1-6H3,(H,22,23). The van der Waals surface area contributed by atoms with Crippen molar-refractivity contribution in [2.75, 3.05) is 0 Å². The number of fused-ring (bicyclic) bond motifs is 1. The molecule has 2 nitrogen and oxygen atoms in total. The van der Waals surface area contributed by atoms with Crippen molar-refractivity contribution >= 4 is 16.7 Å². The van der Waals surface area contributed by atoms with Crippen LogP contribution in [0.1, 0.15) is 75.9 Å². The molecule has 0 aromatic heterocycles. The van der Waals surface area contributed by atoms with Gasteiger partial charge in [-0.3, -0.25) is 0 Å². The van der Waals surface area contributed by atoms with Gasteiger partial charge >= 0.3 is 5.97 Å². The van der Waals surface area contributed by atoms with Gasteiger partial charge in [0.1, 0.15) is 0 Å². The minimum Gasteiger partial charge on any atom is -0.478 e. The third-order valence-corrected chi connectivity index (χ3v) is 5.45. The maximum atomic E-state index is 11.6. The van der Waals surface area contributed by atoms with Crippen LogP contribution >= 0.6 is 0 Å². The Balaban J connectivity index is 2.96. The predicted molar refractivity (Wildman–Crippen MR) is 97.5 cm³/mol. The van der Waals surface area contributed by atoms with E-state index in [1.165, 1.54) is 10.9 Å². The lowest BCUT2D eigenvalue weighted by Gasteiger charge is -2.31. The molecule has 0 unspecified atom stereocenters. The summed E-state index contributed by atoms with van der Waals surface area (Å²) in [5.41, 5.74) is 2.82. The molecule has 0 aliphatic rings. The van der Waals surface area contributed by atoms with Gasteiger partial charge in [-0.2, -0.15) is 0 Å². The molecule has 0 bridgehead atoms. The van der Waals surface area contributed by atoms with Crippen LogP contribution in [0.15, 0.2) is 30.3 Å². The minimum absolute atomic E-state index is 0.0584. The fourth-order valence-corrected chi connectivity index (χ4v) is 3.03. The molecule has 0 atom stereocenters. The molecule has 0 aliphatic carbocycles. The van der Waals surface area contributed by atoms with E-state index in [-0.39, 0.29) is 10.8 Å². The Labute approximate surface area is 139 Å². The van der Waals surface area contributed by atoms with Crippen LogP contribution in [-0.4, -0.2) is 11.1 Å². The molecule has 2 rings (SSSR count). The lowest BCUT2D eigenvalue weighted by atomic mass is 9.73. The van der Waals surface area contributed by atoms with E-state index in [9.17, 15) is 9.90 Å². The summed E-state index contributed by atoms with van der Waals surface area (Å²) >= 11 is 0. The average Bonchev–Trinajstić information content (AvgIpc) is 2.52. The molecule has 0 amide bonds. The molecule has 0 spiro atoms. The van der Waals surface area contributed by atoms with Gasteiger partial charge in [0.25, 0.3) is 0 Å². The summed E-state index contributed by atoms with van der Waals surface area (Å²) < 4.78 is 0. The van der Waals surface area contributed by atoms with Crippen molar-refractivity contribution in [2.45, 2.75) is 65.2 Å². The van der Waals surface area contributed by atoms with Gasteiger partial charge in [-0.15, -0.1) is 0 Å². The van der Waals surface area contributed by atoms with Crippen molar-refractivity contribution in [3.8, 4) is 0 Å². The van der Waals surface area contributed by atoms with E-state index in [2.05, 4.69) is 47.6 Å². The van der Waals surface area contributed by atoms with E-state index < -0.39 is 5.97 Å². The third kappa shape index (κ3) is 3.12. The van der Waals surface area contributed by atoms with Crippen LogP contribution in [0, 0.1) is 0 Å².